The summed E-state index contributed by atoms with van der Waals surface area (Å²) < 4.78 is 5.77. The fourth-order valence-electron chi connectivity index (χ4n) is 2.69. The molecule has 0 aliphatic carbocycles. The van der Waals surface area contributed by atoms with Crippen molar-refractivity contribution >= 4 is 0 Å². The van der Waals surface area contributed by atoms with E-state index < -0.39 is 0 Å². The molecule has 1 unspecified atom stereocenters. The van der Waals surface area contributed by atoms with Crippen molar-refractivity contribution in [2.45, 2.75) is 31.9 Å². The topological polar surface area (TPSA) is 24.5 Å². The van der Waals surface area contributed by atoms with E-state index in [0.717, 1.165) is 26.2 Å². The van der Waals surface area contributed by atoms with Crippen molar-refractivity contribution in [3.05, 3.63) is 48.7 Å². The van der Waals surface area contributed by atoms with E-state index in [9.17, 15) is 0 Å². The fraction of sp³-hybridized carbons (Fsp3) is 0.529. The summed E-state index contributed by atoms with van der Waals surface area (Å²) in [6, 6.07) is 10.9. The third-order valence-corrected chi connectivity index (χ3v) is 3.85. The van der Waals surface area contributed by atoms with E-state index in [1.165, 1.54) is 24.8 Å². The van der Waals surface area contributed by atoms with Crippen molar-refractivity contribution in [3.8, 4) is 0 Å². The zero-order valence-electron chi connectivity index (χ0n) is 12.3. The molecular formula is C17H26N2O. The van der Waals surface area contributed by atoms with Gasteiger partial charge in [0.2, 0.25) is 0 Å². The molecule has 0 bridgehead atoms. The number of hydrogen-bond donors (Lipinski definition) is 1. The minimum Gasteiger partial charge on any atom is -0.375 e. The maximum Gasteiger partial charge on any atom is 0.0717 e. The van der Waals surface area contributed by atoms with Crippen LogP contribution < -0.4 is 5.32 Å². The van der Waals surface area contributed by atoms with Crippen molar-refractivity contribution < 1.29 is 4.74 Å². The second-order valence-corrected chi connectivity index (χ2v) is 5.29. The number of rotatable bonds is 7. The summed E-state index contributed by atoms with van der Waals surface area (Å²) in [4.78, 5) is 2.35. The highest BCUT2D eigenvalue weighted by atomic mass is 16.5. The molecule has 1 N–H and O–H groups in total. The second-order valence-electron chi connectivity index (χ2n) is 5.29. The molecular weight excluding hydrogens is 248 g/mol. The first-order valence-electron chi connectivity index (χ1n) is 7.61. The highest BCUT2D eigenvalue weighted by Gasteiger charge is 2.16. The van der Waals surface area contributed by atoms with Crippen LogP contribution in [0.4, 0.5) is 0 Å². The predicted molar refractivity (Wildman–Crippen MR) is 83.5 cm³/mol. The molecule has 0 amide bonds. The molecule has 1 aromatic carbocycles. The minimum absolute atomic E-state index is 0.614. The Hall–Kier alpha value is -1.32. The molecule has 0 saturated carbocycles. The number of nitrogens with zero attached hydrogens (tertiary/aromatic N) is 1. The molecule has 1 saturated heterocycles. The largest absolute Gasteiger partial charge is 0.375 e. The van der Waals surface area contributed by atoms with Gasteiger partial charge in [0.25, 0.3) is 0 Å². The van der Waals surface area contributed by atoms with Crippen molar-refractivity contribution in [1.82, 2.24) is 10.2 Å². The van der Waals surface area contributed by atoms with Gasteiger partial charge in [-0.05, 0) is 44.1 Å². The monoisotopic (exact) mass is 274 g/mol. The Bertz CT molecular complexity index is 372. The van der Waals surface area contributed by atoms with Crippen LogP contribution in [0.3, 0.4) is 0 Å². The summed E-state index contributed by atoms with van der Waals surface area (Å²) in [6.07, 6.45) is 5.67. The zero-order chi connectivity index (χ0) is 14.0. The molecule has 1 atom stereocenters. The van der Waals surface area contributed by atoms with Gasteiger partial charge < -0.3 is 15.0 Å². The number of ether oxygens (including phenoxy) is 1. The smallest absolute Gasteiger partial charge is 0.0717 e. The normalized spacial score (nSPS) is 19.3. The Morgan fingerprint density at radius 1 is 1.25 bits per heavy atom. The summed E-state index contributed by atoms with van der Waals surface area (Å²) in [6.45, 7) is 8.59. The van der Waals surface area contributed by atoms with E-state index in [-0.39, 0.29) is 0 Å². The van der Waals surface area contributed by atoms with E-state index in [4.69, 9.17) is 4.74 Å². The quantitative estimate of drug-likeness (QED) is 0.774. The SMILES string of the molecule is C=CN(CCOCc1ccccc1)C1CCCNCC1. The maximum absolute atomic E-state index is 5.77. The summed E-state index contributed by atoms with van der Waals surface area (Å²) >= 11 is 0. The van der Waals surface area contributed by atoms with Crippen molar-refractivity contribution in [1.29, 1.82) is 0 Å². The molecule has 20 heavy (non-hydrogen) atoms. The maximum atomic E-state index is 5.77. The van der Waals surface area contributed by atoms with Crippen LogP contribution in [0.25, 0.3) is 0 Å². The molecule has 2 rings (SSSR count). The lowest BCUT2D eigenvalue weighted by Gasteiger charge is -2.29. The molecule has 0 aromatic heterocycles. The molecule has 1 aliphatic heterocycles. The van der Waals surface area contributed by atoms with Crippen LogP contribution in [0, 0.1) is 0 Å². The highest BCUT2D eigenvalue weighted by molar-refractivity contribution is 5.13. The van der Waals surface area contributed by atoms with Gasteiger partial charge in [0, 0.05) is 12.6 Å². The van der Waals surface area contributed by atoms with Crippen LogP contribution in [-0.4, -0.2) is 37.2 Å². The average Bonchev–Trinajstić information content (AvgIpc) is 2.78. The first-order chi connectivity index (χ1) is 9.90. The fourth-order valence-corrected chi connectivity index (χ4v) is 2.69. The van der Waals surface area contributed by atoms with Gasteiger partial charge in [-0.15, -0.1) is 0 Å². The van der Waals surface area contributed by atoms with Crippen LogP contribution in [0.2, 0.25) is 0 Å². The standard InChI is InChI=1S/C17H26N2O/c1-2-19(17-9-6-11-18-12-10-17)13-14-20-15-16-7-4-3-5-8-16/h2-5,7-8,17-18H,1,6,9-15H2. The Morgan fingerprint density at radius 3 is 2.90 bits per heavy atom. The molecule has 1 aliphatic rings. The number of benzene rings is 1. The van der Waals surface area contributed by atoms with Crippen LogP contribution in [0.5, 0.6) is 0 Å². The summed E-state index contributed by atoms with van der Waals surface area (Å²) in [5.41, 5.74) is 1.23. The van der Waals surface area contributed by atoms with Crippen LogP contribution in [0.1, 0.15) is 24.8 Å². The Morgan fingerprint density at radius 2 is 2.10 bits per heavy atom. The first kappa shape index (κ1) is 15.1. The Kier molecular flexibility index (Phi) is 6.61. The first-order valence-corrected chi connectivity index (χ1v) is 7.61. The molecule has 1 fully saturated rings. The van der Waals surface area contributed by atoms with E-state index in [2.05, 4.69) is 28.9 Å². The van der Waals surface area contributed by atoms with Gasteiger partial charge in [0.1, 0.15) is 0 Å². The van der Waals surface area contributed by atoms with Crippen LogP contribution in [-0.2, 0) is 11.3 Å². The minimum atomic E-state index is 0.614. The number of nitrogens with one attached hydrogen (secondary N) is 1. The Labute approximate surface area is 122 Å². The van der Waals surface area contributed by atoms with E-state index in [1.54, 1.807) is 0 Å². The third kappa shape index (κ3) is 4.99. The van der Waals surface area contributed by atoms with Crippen LogP contribution >= 0.6 is 0 Å². The lowest BCUT2D eigenvalue weighted by molar-refractivity contribution is 0.0928. The summed E-state index contributed by atoms with van der Waals surface area (Å²) in [5.74, 6) is 0. The van der Waals surface area contributed by atoms with Crippen molar-refractivity contribution in [2.75, 3.05) is 26.2 Å². The van der Waals surface area contributed by atoms with Crippen molar-refractivity contribution in [3.63, 3.8) is 0 Å². The van der Waals surface area contributed by atoms with Gasteiger partial charge in [0.15, 0.2) is 0 Å². The predicted octanol–water partition coefficient (Wildman–Crippen LogP) is 2.79. The Balaban J connectivity index is 1.69. The lowest BCUT2D eigenvalue weighted by atomic mass is 10.1. The van der Waals surface area contributed by atoms with E-state index in [0.29, 0.717) is 12.6 Å². The summed E-state index contributed by atoms with van der Waals surface area (Å²) in [7, 11) is 0. The molecule has 3 heteroatoms. The van der Waals surface area contributed by atoms with Gasteiger partial charge in [0.05, 0.1) is 13.2 Å². The average molecular weight is 274 g/mol. The van der Waals surface area contributed by atoms with Gasteiger partial charge in [-0.25, -0.2) is 0 Å². The van der Waals surface area contributed by atoms with Gasteiger partial charge in [-0.1, -0.05) is 36.9 Å². The molecule has 0 radical (unpaired) electrons. The molecule has 3 nitrogen and oxygen atoms in total. The van der Waals surface area contributed by atoms with Crippen molar-refractivity contribution in [2.24, 2.45) is 0 Å². The highest BCUT2D eigenvalue weighted by Crippen LogP contribution is 2.13. The second kappa shape index (κ2) is 8.77. The zero-order valence-corrected chi connectivity index (χ0v) is 12.3. The lowest BCUT2D eigenvalue weighted by Crippen LogP contribution is -2.34. The molecule has 1 heterocycles. The molecule has 110 valence electrons. The van der Waals surface area contributed by atoms with Crippen LogP contribution in [0.15, 0.2) is 43.1 Å². The van der Waals surface area contributed by atoms with E-state index >= 15 is 0 Å². The van der Waals surface area contributed by atoms with Gasteiger partial charge in [-0.2, -0.15) is 0 Å². The number of hydrogen-bond acceptors (Lipinski definition) is 3. The van der Waals surface area contributed by atoms with Gasteiger partial charge >= 0.3 is 0 Å². The molecule has 0 spiro atoms. The summed E-state index contributed by atoms with van der Waals surface area (Å²) in [5, 5.41) is 3.45. The molecule has 1 aromatic rings. The van der Waals surface area contributed by atoms with E-state index in [1.807, 2.05) is 24.4 Å². The third-order valence-electron chi connectivity index (χ3n) is 3.85. The van der Waals surface area contributed by atoms with Gasteiger partial charge in [-0.3, -0.25) is 0 Å².